The molecule has 2 N–H and O–H groups in total. The quantitative estimate of drug-likeness (QED) is 0.779. The van der Waals surface area contributed by atoms with E-state index in [0.717, 1.165) is 30.8 Å². The van der Waals surface area contributed by atoms with Crippen LogP contribution in [0.3, 0.4) is 0 Å². The van der Waals surface area contributed by atoms with Gasteiger partial charge in [0.15, 0.2) is 0 Å². The van der Waals surface area contributed by atoms with E-state index >= 15 is 0 Å². The molecule has 6 nitrogen and oxygen atoms in total. The first-order valence-electron chi connectivity index (χ1n) is 8.21. The number of hydrogen-bond acceptors (Lipinski definition) is 4. The van der Waals surface area contributed by atoms with Crippen molar-refractivity contribution in [3.63, 3.8) is 0 Å². The Morgan fingerprint density at radius 3 is 2.77 bits per heavy atom. The van der Waals surface area contributed by atoms with E-state index in [-0.39, 0.29) is 23.2 Å². The molecule has 26 heavy (non-hydrogen) atoms. The lowest BCUT2D eigenvalue weighted by molar-refractivity contribution is 0.0999. The van der Waals surface area contributed by atoms with Crippen molar-refractivity contribution in [1.82, 2.24) is 10.0 Å². The predicted molar refractivity (Wildman–Crippen MR) is 105 cm³/mol. The molecule has 2 aliphatic heterocycles. The van der Waals surface area contributed by atoms with Crippen molar-refractivity contribution in [2.24, 2.45) is 0 Å². The van der Waals surface area contributed by atoms with Crippen molar-refractivity contribution in [2.75, 3.05) is 31.6 Å². The second-order valence-electron chi connectivity index (χ2n) is 6.32. The fourth-order valence-corrected chi connectivity index (χ4v) is 4.68. The zero-order valence-corrected chi connectivity index (χ0v) is 15.9. The van der Waals surface area contributed by atoms with Crippen molar-refractivity contribution in [3.8, 4) is 0 Å². The highest BCUT2D eigenvalue weighted by molar-refractivity contribution is 7.89. The van der Waals surface area contributed by atoms with Gasteiger partial charge in [0, 0.05) is 36.5 Å². The molecule has 0 spiro atoms. The van der Waals surface area contributed by atoms with Crippen LogP contribution in [-0.4, -0.2) is 41.0 Å². The molecule has 0 atom stereocenters. The molecule has 0 radical (unpaired) electrons. The van der Waals surface area contributed by atoms with Gasteiger partial charge in [-0.25, -0.2) is 13.1 Å². The van der Waals surface area contributed by atoms with E-state index < -0.39 is 10.0 Å². The maximum atomic E-state index is 12.8. The lowest BCUT2D eigenvalue weighted by atomic mass is 10.1. The Morgan fingerprint density at radius 1 is 1.23 bits per heavy atom. The minimum absolute atomic E-state index is 0. The number of carbonyl (C=O) groups is 1. The van der Waals surface area contributed by atoms with Crippen molar-refractivity contribution in [2.45, 2.75) is 11.3 Å². The van der Waals surface area contributed by atoms with Crippen LogP contribution in [0.4, 0.5) is 5.69 Å². The van der Waals surface area contributed by atoms with Crippen LogP contribution in [0.15, 0.2) is 46.9 Å². The molecule has 0 aliphatic carbocycles. The number of hydrogen-bond donors (Lipinski definition) is 2. The van der Waals surface area contributed by atoms with Gasteiger partial charge in [-0.05, 0) is 31.2 Å². The number of benzene rings is 2. The van der Waals surface area contributed by atoms with E-state index in [1.165, 1.54) is 0 Å². The molecule has 0 aromatic heterocycles. The highest BCUT2D eigenvalue weighted by Crippen LogP contribution is 2.39. The van der Waals surface area contributed by atoms with E-state index in [2.05, 4.69) is 10.0 Å². The van der Waals surface area contributed by atoms with Crippen LogP contribution in [0.5, 0.6) is 0 Å². The Balaban J connectivity index is 0.00000196. The summed E-state index contributed by atoms with van der Waals surface area (Å²) in [5, 5.41) is 4.50. The van der Waals surface area contributed by atoms with Gasteiger partial charge >= 0.3 is 0 Å². The van der Waals surface area contributed by atoms with E-state index in [0.29, 0.717) is 22.9 Å². The number of nitrogens with one attached hydrogen (secondary N) is 2. The maximum Gasteiger partial charge on any atom is 0.258 e. The first-order chi connectivity index (χ1) is 12.0. The maximum absolute atomic E-state index is 12.8. The van der Waals surface area contributed by atoms with Gasteiger partial charge < -0.3 is 10.2 Å². The van der Waals surface area contributed by atoms with Crippen LogP contribution >= 0.6 is 12.4 Å². The molecule has 0 fully saturated rings. The number of carbonyl (C=O) groups excluding carboxylic acids is 1. The van der Waals surface area contributed by atoms with Crippen molar-refractivity contribution < 1.29 is 13.2 Å². The van der Waals surface area contributed by atoms with E-state index in [9.17, 15) is 13.2 Å². The Bertz CT molecular complexity index is 1020. The molecule has 0 saturated heterocycles. The fraction of sp³-hybridized carbons (Fsp3) is 0.278. The summed E-state index contributed by atoms with van der Waals surface area (Å²) < 4.78 is 28.4. The molecule has 2 heterocycles. The molecular formula is C18H20ClN3O3S. The van der Waals surface area contributed by atoms with Crippen molar-refractivity contribution in [1.29, 1.82) is 0 Å². The van der Waals surface area contributed by atoms with Gasteiger partial charge in [-0.1, -0.05) is 23.8 Å². The van der Waals surface area contributed by atoms with E-state index in [1.54, 1.807) is 42.3 Å². The molecule has 138 valence electrons. The average Bonchev–Trinajstić information content (AvgIpc) is 2.88. The van der Waals surface area contributed by atoms with Gasteiger partial charge in [0.2, 0.25) is 10.0 Å². The number of nitrogens with zero attached hydrogens (tertiary/aromatic N) is 1. The number of anilines is 1. The largest absolute Gasteiger partial charge is 0.313 e. The van der Waals surface area contributed by atoms with Crippen molar-refractivity contribution in [3.05, 3.63) is 47.5 Å². The Kier molecular flexibility index (Phi) is 5.07. The third kappa shape index (κ3) is 3.01. The number of sulfonamides is 1. The summed E-state index contributed by atoms with van der Waals surface area (Å²) in [6.07, 6.45) is 2.86. The summed E-state index contributed by atoms with van der Waals surface area (Å²) in [6.45, 7) is 1.95. The topological polar surface area (TPSA) is 78.5 Å². The summed E-state index contributed by atoms with van der Waals surface area (Å²) in [7, 11) is -1.97. The summed E-state index contributed by atoms with van der Waals surface area (Å²) in [6, 6.07) is 8.51. The van der Waals surface area contributed by atoms with Crippen LogP contribution in [0.2, 0.25) is 0 Å². The molecule has 0 bridgehead atoms. The summed E-state index contributed by atoms with van der Waals surface area (Å²) in [5.74, 6) is -0.108. The summed E-state index contributed by atoms with van der Waals surface area (Å²) >= 11 is 0. The number of amides is 1. The Hall–Kier alpha value is -1.93. The SMILES string of the molecule is CN1C(=O)c2cccc3c(S(=O)(=O)NCC4=CCNCC4)ccc1c23.Cl. The highest BCUT2D eigenvalue weighted by Gasteiger charge is 2.29. The van der Waals surface area contributed by atoms with Gasteiger partial charge in [0.05, 0.1) is 10.6 Å². The first kappa shape index (κ1) is 18.8. The molecule has 0 unspecified atom stereocenters. The normalized spacial score (nSPS) is 16.6. The molecule has 0 saturated carbocycles. The number of halogens is 1. The smallest absolute Gasteiger partial charge is 0.258 e. The Labute approximate surface area is 158 Å². The highest BCUT2D eigenvalue weighted by atomic mass is 35.5. The van der Waals surface area contributed by atoms with Crippen LogP contribution in [-0.2, 0) is 10.0 Å². The van der Waals surface area contributed by atoms with Crippen LogP contribution in [0.25, 0.3) is 10.8 Å². The van der Waals surface area contributed by atoms with Gasteiger partial charge in [0.25, 0.3) is 5.91 Å². The minimum Gasteiger partial charge on any atom is -0.313 e. The average molecular weight is 394 g/mol. The van der Waals surface area contributed by atoms with Gasteiger partial charge in [-0.15, -0.1) is 12.4 Å². The lowest BCUT2D eigenvalue weighted by Gasteiger charge is -2.16. The zero-order valence-electron chi connectivity index (χ0n) is 14.3. The lowest BCUT2D eigenvalue weighted by Crippen LogP contribution is -2.29. The summed E-state index contributed by atoms with van der Waals surface area (Å²) in [4.78, 5) is 14.1. The van der Waals surface area contributed by atoms with Crippen molar-refractivity contribution >= 4 is 44.8 Å². The van der Waals surface area contributed by atoms with Crippen LogP contribution in [0, 0.1) is 0 Å². The molecule has 2 aromatic rings. The second-order valence-corrected chi connectivity index (χ2v) is 8.05. The molecule has 8 heteroatoms. The van der Waals surface area contributed by atoms with Gasteiger partial charge in [0.1, 0.15) is 0 Å². The molecule has 2 aromatic carbocycles. The van der Waals surface area contributed by atoms with E-state index in [1.807, 2.05) is 6.08 Å². The second kappa shape index (κ2) is 7.00. The molecule has 1 amide bonds. The standard InChI is InChI=1S/C18H19N3O3S.ClH/c1-21-15-5-6-16(13-3-2-4-14(17(13)15)18(21)22)25(23,24)20-11-12-7-9-19-10-8-12;/h2-7,19-20H,8-11H2,1H3;1H. The molecular weight excluding hydrogens is 374 g/mol. The monoisotopic (exact) mass is 393 g/mol. The number of rotatable bonds is 4. The minimum atomic E-state index is -3.67. The molecule has 4 rings (SSSR count). The van der Waals surface area contributed by atoms with Crippen LogP contribution < -0.4 is 14.9 Å². The third-order valence-electron chi connectivity index (χ3n) is 4.81. The van der Waals surface area contributed by atoms with Crippen LogP contribution in [0.1, 0.15) is 16.8 Å². The molecule has 2 aliphatic rings. The first-order valence-corrected chi connectivity index (χ1v) is 9.69. The zero-order chi connectivity index (χ0) is 17.6. The fourth-order valence-electron chi connectivity index (χ4n) is 3.44. The van der Waals surface area contributed by atoms with Gasteiger partial charge in [-0.2, -0.15) is 0 Å². The Morgan fingerprint density at radius 2 is 2.04 bits per heavy atom. The third-order valence-corrected chi connectivity index (χ3v) is 6.27. The predicted octanol–water partition coefficient (Wildman–Crippen LogP) is 2.05. The summed E-state index contributed by atoms with van der Waals surface area (Å²) in [5.41, 5.74) is 2.38. The van der Waals surface area contributed by atoms with Gasteiger partial charge in [-0.3, -0.25) is 4.79 Å². The van der Waals surface area contributed by atoms with E-state index in [4.69, 9.17) is 0 Å².